The lowest BCUT2D eigenvalue weighted by Gasteiger charge is -2.41. The Morgan fingerprint density at radius 2 is 1.76 bits per heavy atom. The highest BCUT2D eigenvalue weighted by molar-refractivity contribution is 5.91. The number of phenolic OH excluding ortho intramolecular Hbond substituents is 3. The Kier molecular flexibility index (Phi) is 7.77. The summed E-state index contributed by atoms with van der Waals surface area (Å²) in [6, 6.07) is 1.77. The number of carbonyl (C=O) groups is 2. The van der Waals surface area contributed by atoms with Gasteiger partial charge in [-0.25, -0.2) is 4.79 Å². The largest absolute Gasteiger partial charge is 0.504 e. The molecule has 0 aromatic heterocycles. The molecule has 2 bridgehead atoms. The average molecular weight is 539 g/mol. The normalized spacial score (nSPS) is 37.9. The number of esters is 1. The molecule has 0 unspecified atom stereocenters. The molecule has 3 fully saturated rings. The number of ether oxygens (including phenoxy) is 4. The number of ketones is 1. The van der Waals surface area contributed by atoms with E-state index in [0.29, 0.717) is 19.4 Å². The number of carbonyl (C=O) groups excluding carboxylic acids is 2. The second-order valence-corrected chi connectivity index (χ2v) is 10.8. The highest BCUT2D eigenvalue weighted by atomic mass is 16.7. The molecule has 1 aliphatic carbocycles. The average Bonchev–Trinajstić information content (AvgIpc) is 3.00. The van der Waals surface area contributed by atoms with Crippen molar-refractivity contribution in [1.29, 1.82) is 0 Å². The van der Waals surface area contributed by atoms with Gasteiger partial charge in [0.15, 0.2) is 23.5 Å². The Labute approximate surface area is 219 Å². The molecule has 0 radical (unpaired) electrons. The topological polar surface area (TPSA) is 192 Å². The molecule has 1 aromatic carbocycles. The first-order chi connectivity index (χ1) is 17.7. The van der Waals surface area contributed by atoms with Gasteiger partial charge in [0.25, 0.3) is 0 Å². The third kappa shape index (κ3) is 5.37. The van der Waals surface area contributed by atoms with Crippen molar-refractivity contribution in [3.63, 3.8) is 0 Å². The quantitative estimate of drug-likeness (QED) is 0.160. The summed E-state index contributed by atoms with van der Waals surface area (Å²) >= 11 is 0. The summed E-state index contributed by atoms with van der Waals surface area (Å²) < 4.78 is 22.4. The minimum Gasteiger partial charge on any atom is -0.504 e. The predicted octanol–water partition coefficient (Wildman–Crippen LogP) is 0.503. The third-order valence-electron chi connectivity index (χ3n) is 7.57. The zero-order chi connectivity index (χ0) is 28.0. The van der Waals surface area contributed by atoms with Crippen LogP contribution in [0.5, 0.6) is 17.2 Å². The number of phenols is 3. The van der Waals surface area contributed by atoms with Gasteiger partial charge in [0.05, 0.1) is 23.9 Å². The minimum absolute atomic E-state index is 0.0331. The predicted molar refractivity (Wildman–Crippen MR) is 128 cm³/mol. The minimum atomic E-state index is -1.66. The van der Waals surface area contributed by atoms with E-state index in [4.69, 9.17) is 18.9 Å². The lowest BCUT2D eigenvalue weighted by atomic mass is 9.63. The smallest absolute Gasteiger partial charge is 0.338 e. The molecule has 12 nitrogen and oxygen atoms in total. The molecule has 2 aliphatic heterocycles. The Hall–Kier alpha value is -2.74. The van der Waals surface area contributed by atoms with Crippen molar-refractivity contribution in [1.82, 2.24) is 0 Å². The maximum Gasteiger partial charge on any atom is 0.338 e. The van der Waals surface area contributed by atoms with Crippen LogP contribution in [-0.2, 0) is 23.7 Å². The molecule has 210 valence electrons. The van der Waals surface area contributed by atoms with E-state index in [1.165, 1.54) is 0 Å². The summed E-state index contributed by atoms with van der Waals surface area (Å²) in [5, 5.41) is 59.7. The van der Waals surface area contributed by atoms with Gasteiger partial charge in [-0.1, -0.05) is 19.1 Å². The molecule has 3 aliphatic rings. The lowest BCUT2D eigenvalue weighted by Crippen LogP contribution is -2.59. The summed E-state index contributed by atoms with van der Waals surface area (Å²) in [5.41, 5.74) is -1.22. The maximum atomic E-state index is 12.3. The summed E-state index contributed by atoms with van der Waals surface area (Å²) in [4.78, 5) is 24.5. The van der Waals surface area contributed by atoms with Crippen molar-refractivity contribution in [3.8, 4) is 17.2 Å². The van der Waals surface area contributed by atoms with Crippen LogP contribution in [0.1, 0.15) is 44.0 Å². The Morgan fingerprint density at radius 1 is 1.11 bits per heavy atom. The number of hydrogen-bond acceptors (Lipinski definition) is 12. The van der Waals surface area contributed by atoms with Crippen LogP contribution in [0.2, 0.25) is 0 Å². The number of rotatable bonds is 7. The van der Waals surface area contributed by atoms with Crippen molar-refractivity contribution in [2.24, 2.45) is 11.3 Å². The molecular weight excluding hydrogens is 504 g/mol. The first-order valence-corrected chi connectivity index (χ1v) is 12.4. The molecule has 6 N–H and O–H groups in total. The number of Topliss-reactive ketones (excluding diaryl/α,β-unsaturated/α-hetero) is 1. The molecule has 1 aromatic rings. The number of aliphatic hydroxyl groups excluding tert-OH is 3. The van der Waals surface area contributed by atoms with Crippen LogP contribution in [0, 0.1) is 11.3 Å². The SMILES string of the molecule is C[C@H](C=C[C@@H]1[C@@]2(C)CO[C@]1(C)CC(=O)C2)O[C@@H]1O[C@H](COC(=O)c2cc(O)c(O)c(O)c2)[C@@H](O)[C@H](O)[C@H]1O. The third-order valence-corrected chi connectivity index (χ3v) is 7.57. The number of hydrogen-bond donors (Lipinski definition) is 6. The van der Waals surface area contributed by atoms with Crippen LogP contribution in [0.15, 0.2) is 24.3 Å². The zero-order valence-corrected chi connectivity index (χ0v) is 21.3. The molecule has 1 saturated carbocycles. The van der Waals surface area contributed by atoms with Crippen molar-refractivity contribution in [2.45, 2.75) is 76.0 Å². The van der Waals surface area contributed by atoms with Crippen molar-refractivity contribution >= 4 is 11.8 Å². The maximum absolute atomic E-state index is 12.3. The van der Waals surface area contributed by atoms with Crippen molar-refractivity contribution in [2.75, 3.05) is 13.2 Å². The Balaban J connectivity index is 1.38. The zero-order valence-electron chi connectivity index (χ0n) is 21.3. The second kappa shape index (κ2) is 10.4. The highest BCUT2D eigenvalue weighted by Crippen LogP contribution is 2.53. The van der Waals surface area contributed by atoms with Crippen molar-refractivity contribution < 1.29 is 59.2 Å². The van der Waals surface area contributed by atoms with Gasteiger partial charge in [-0.15, -0.1) is 0 Å². The first-order valence-electron chi connectivity index (χ1n) is 12.4. The van der Waals surface area contributed by atoms with Gasteiger partial charge in [-0.2, -0.15) is 0 Å². The monoisotopic (exact) mass is 538 g/mol. The standard InChI is InChI=1S/C26H34O12/c1-12(4-5-18-25(2)8-14(27)9-26(18,3)36-11-25)37-24-22(33)21(32)20(31)17(38-24)10-35-23(34)13-6-15(28)19(30)16(29)7-13/h4-7,12,17-18,20-22,24,28-33H,8-11H2,1-3H3/t12-,17-,18-,20-,21+,22-,24-,25-,26-/m1/s1. The van der Waals surface area contributed by atoms with Crippen LogP contribution in [-0.4, -0.2) is 98.0 Å². The molecule has 2 heterocycles. The van der Waals surface area contributed by atoms with Crippen LogP contribution < -0.4 is 0 Å². The molecule has 38 heavy (non-hydrogen) atoms. The highest BCUT2D eigenvalue weighted by Gasteiger charge is 2.57. The van der Waals surface area contributed by atoms with Crippen LogP contribution >= 0.6 is 0 Å². The molecule has 9 atom stereocenters. The van der Waals surface area contributed by atoms with Crippen molar-refractivity contribution in [3.05, 3.63) is 29.8 Å². The van der Waals surface area contributed by atoms with Gasteiger partial charge < -0.3 is 49.6 Å². The van der Waals surface area contributed by atoms with Crippen LogP contribution in [0.3, 0.4) is 0 Å². The van der Waals surface area contributed by atoms with Gasteiger partial charge in [-0.3, -0.25) is 4.79 Å². The van der Waals surface area contributed by atoms with Gasteiger partial charge in [-0.05, 0) is 26.0 Å². The summed E-state index contributed by atoms with van der Waals surface area (Å²) in [5.74, 6) is -3.14. The number of fused-ring (bicyclic) bond motifs is 2. The fourth-order valence-corrected chi connectivity index (χ4v) is 5.56. The van der Waals surface area contributed by atoms with E-state index in [1.54, 1.807) is 13.0 Å². The van der Waals surface area contributed by atoms with Crippen LogP contribution in [0.4, 0.5) is 0 Å². The molecule has 12 heteroatoms. The van der Waals surface area contributed by atoms with E-state index in [-0.39, 0.29) is 22.7 Å². The molecular formula is C26H34O12. The number of aliphatic hydroxyl groups is 3. The fourth-order valence-electron chi connectivity index (χ4n) is 5.56. The van der Waals surface area contributed by atoms with Gasteiger partial charge in [0, 0.05) is 24.2 Å². The Morgan fingerprint density at radius 3 is 2.39 bits per heavy atom. The first kappa shape index (κ1) is 28.3. The van der Waals surface area contributed by atoms with Crippen LogP contribution in [0.25, 0.3) is 0 Å². The Bertz CT molecular complexity index is 1060. The van der Waals surface area contributed by atoms with E-state index in [1.807, 2.05) is 19.9 Å². The molecule has 4 rings (SSSR count). The van der Waals surface area contributed by atoms with Gasteiger partial charge >= 0.3 is 5.97 Å². The summed E-state index contributed by atoms with van der Waals surface area (Å²) in [6.45, 7) is 5.53. The number of benzene rings is 1. The number of aromatic hydroxyl groups is 3. The lowest BCUT2D eigenvalue weighted by molar-refractivity contribution is -0.306. The van der Waals surface area contributed by atoms with E-state index >= 15 is 0 Å². The van der Waals surface area contributed by atoms with E-state index < -0.39 is 72.2 Å². The second-order valence-electron chi connectivity index (χ2n) is 10.8. The van der Waals surface area contributed by atoms with Gasteiger partial charge in [0.2, 0.25) is 0 Å². The van der Waals surface area contributed by atoms with E-state index in [0.717, 1.165) is 12.1 Å². The van der Waals surface area contributed by atoms with Gasteiger partial charge in [0.1, 0.15) is 36.8 Å². The summed E-state index contributed by atoms with van der Waals surface area (Å²) in [7, 11) is 0. The molecule has 0 spiro atoms. The molecule has 0 amide bonds. The summed E-state index contributed by atoms with van der Waals surface area (Å²) in [6.07, 6.45) is -3.68. The van der Waals surface area contributed by atoms with E-state index in [9.17, 15) is 40.2 Å². The molecule has 2 saturated heterocycles. The van der Waals surface area contributed by atoms with E-state index in [2.05, 4.69) is 0 Å². The fraction of sp³-hybridized carbons (Fsp3) is 0.615.